The van der Waals surface area contributed by atoms with Crippen LogP contribution in [0.3, 0.4) is 0 Å². The molecule has 2 nitrogen and oxygen atoms in total. The van der Waals surface area contributed by atoms with Gasteiger partial charge < -0.3 is 5.32 Å². The Kier molecular flexibility index (Phi) is 4.14. The highest BCUT2D eigenvalue weighted by molar-refractivity contribution is 9.10. The van der Waals surface area contributed by atoms with Crippen LogP contribution >= 0.6 is 15.9 Å². The van der Waals surface area contributed by atoms with E-state index in [-0.39, 0.29) is 5.91 Å². The number of carbonyl (C=O) groups is 1. The summed E-state index contributed by atoms with van der Waals surface area (Å²) in [4.78, 5) is 10.8. The molecule has 0 aromatic heterocycles. The van der Waals surface area contributed by atoms with E-state index in [9.17, 15) is 4.79 Å². The second-order valence-corrected chi connectivity index (χ2v) is 4.10. The highest BCUT2D eigenvalue weighted by atomic mass is 79.9. The molecule has 0 saturated heterocycles. The van der Waals surface area contributed by atoms with Gasteiger partial charge in [0, 0.05) is 11.4 Å². The first-order valence-electron chi connectivity index (χ1n) is 4.69. The number of carbonyl (C=O) groups excluding carboxylic acids is 1. The van der Waals surface area contributed by atoms with Crippen molar-refractivity contribution in [3.8, 4) is 0 Å². The van der Waals surface area contributed by atoms with E-state index in [0.717, 1.165) is 23.0 Å². The Morgan fingerprint density at radius 1 is 1.50 bits per heavy atom. The highest BCUT2D eigenvalue weighted by Crippen LogP contribution is 2.24. The molecule has 0 aliphatic heterocycles. The number of benzene rings is 1. The Morgan fingerprint density at radius 2 is 2.21 bits per heavy atom. The zero-order chi connectivity index (χ0) is 10.6. The lowest BCUT2D eigenvalue weighted by Gasteiger charge is -2.06. The van der Waals surface area contributed by atoms with Gasteiger partial charge in [0.05, 0.1) is 5.69 Å². The largest absolute Gasteiger partial charge is 0.325 e. The Hall–Kier alpha value is -0.830. The van der Waals surface area contributed by atoms with Crippen molar-refractivity contribution in [3.05, 3.63) is 28.2 Å². The predicted molar refractivity (Wildman–Crippen MR) is 62.4 cm³/mol. The van der Waals surface area contributed by atoms with Crippen LogP contribution in [0.2, 0.25) is 0 Å². The molecule has 0 aliphatic carbocycles. The molecule has 1 rings (SSSR count). The lowest BCUT2D eigenvalue weighted by molar-refractivity contribution is -0.114. The lowest BCUT2D eigenvalue weighted by Crippen LogP contribution is -2.06. The van der Waals surface area contributed by atoms with E-state index >= 15 is 0 Å². The Morgan fingerprint density at radius 3 is 2.71 bits per heavy atom. The molecule has 0 heterocycles. The van der Waals surface area contributed by atoms with Crippen LogP contribution < -0.4 is 5.32 Å². The maximum absolute atomic E-state index is 10.8. The van der Waals surface area contributed by atoms with E-state index in [2.05, 4.69) is 34.2 Å². The fraction of sp³-hybridized carbons (Fsp3) is 0.364. The van der Waals surface area contributed by atoms with Gasteiger partial charge in [-0.1, -0.05) is 19.4 Å². The molecular weight excluding hydrogens is 242 g/mol. The van der Waals surface area contributed by atoms with Crippen LogP contribution in [0.15, 0.2) is 22.7 Å². The second-order valence-electron chi connectivity index (χ2n) is 3.25. The van der Waals surface area contributed by atoms with Gasteiger partial charge in [0.1, 0.15) is 0 Å². The van der Waals surface area contributed by atoms with Crippen LogP contribution in [0.25, 0.3) is 0 Å². The van der Waals surface area contributed by atoms with Crippen LogP contribution in [0.5, 0.6) is 0 Å². The third kappa shape index (κ3) is 3.14. The molecule has 0 saturated carbocycles. The van der Waals surface area contributed by atoms with Gasteiger partial charge in [0.25, 0.3) is 0 Å². The highest BCUT2D eigenvalue weighted by Gasteiger charge is 2.02. The molecule has 0 unspecified atom stereocenters. The number of aryl methyl sites for hydroxylation is 1. The van der Waals surface area contributed by atoms with Crippen molar-refractivity contribution in [1.82, 2.24) is 0 Å². The molecular formula is C11H14BrNO. The van der Waals surface area contributed by atoms with Crippen molar-refractivity contribution in [2.75, 3.05) is 5.32 Å². The van der Waals surface area contributed by atoms with Crippen LogP contribution in [0.4, 0.5) is 5.69 Å². The zero-order valence-corrected chi connectivity index (χ0v) is 10.0. The molecule has 0 bridgehead atoms. The Labute approximate surface area is 92.8 Å². The molecule has 3 heteroatoms. The van der Waals surface area contributed by atoms with Gasteiger partial charge in [0.15, 0.2) is 0 Å². The minimum atomic E-state index is -0.0473. The van der Waals surface area contributed by atoms with Crippen molar-refractivity contribution >= 4 is 27.5 Å². The van der Waals surface area contributed by atoms with E-state index in [1.807, 2.05) is 12.1 Å². The monoisotopic (exact) mass is 255 g/mol. The lowest BCUT2D eigenvalue weighted by atomic mass is 10.1. The van der Waals surface area contributed by atoms with Gasteiger partial charge in [-0.05, 0) is 40.0 Å². The smallest absolute Gasteiger partial charge is 0.221 e. The number of hydrogen-bond donors (Lipinski definition) is 1. The van der Waals surface area contributed by atoms with Crippen LogP contribution in [0, 0.1) is 0 Å². The number of hydrogen-bond acceptors (Lipinski definition) is 1. The minimum absolute atomic E-state index is 0.0473. The first-order valence-corrected chi connectivity index (χ1v) is 5.48. The van der Waals surface area contributed by atoms with Gasteiger partial charge in [-0.2, -0.15) is 0 Å². The van der Waals surface area contributed by atoms with E-state index in [1.165, 1.54) is 12.5 Å². The van der Waals surface area contributed by atoms with Gasteiger partial charge in [-0.15, -0.1) is 0 Å². The summed E-state index contributed by atoms with van der Waals surface area (Å²) in [6, 6.07) is 6.02. The fourth-order valence-corrected chi connectivity index (χ4v) is 1.82. The number of halogens is 1. The van der Waals surface area contributed by atoms with Crippen LogP contribution in [-0.2, 0) is 11.2 Å². The van der Waals surface area contributed by atoms with Crippen molar-refractivity contribution in [2.24, 2.45) is 0 Å². The molecule has 1 aromatic rings. The molecule has 0 radical (unpaired) electrons. The summed E-state index contributed by atoms with van der Waals surface area (Å²) in [6.07, 6.45) is 2.20. The zero-order valence-electron chi connectivity index (χ0n) is 8.43. The van der Waals surface area contributed by atoms with Crippen molar-refractivity contribution in [3.63, 3.8) is 0 Å². The molecule has 0 atom stereocenters. The predicted octanol–water partition coefficient (Wildman–Crippen LogP) is 3.36. The van der Waals surface area contributed by atoms with Crippen molar-refractivity contribution in [2.45, 2.75) is 26.7 Å². The van der Waals surface area contributed by atoms with Crippen molar-refractivity contribution < 1.29 is 4.79 Å². The Bertz CT molecular complexity index is 336. The summed E-state index contributed by atoms with van der Waals surface area (Å²) in [7, 11) is 0. The topological polar surface area (TPSA) is 29.1 Å². The minimum Gasteiger partial charge on any atom is -0.325 e. The summed E-state index contributed by atoms with van der Waals surface area (Å²) < 4.78 is 0.943. The standard InChI is InChI=1S/C11H14BrNO/c1-3-4-9-5-6-11(10(12)7-9)13-8(2)14/h5-7H,3-4H2,1-2H3,(H,13,14). The molecule has 0 aliphatic rings. The van der Waals surface area contributed by atoms with E-state index in [1.54, 1.807) is 0 Å². The quantitative estimate of drug-likeness (QED) is 0.882. The first-order chi connectivity index (χ1) is 6.63. The average molecular weight is 256 g/mol. The maximum Gasteiger partial charge on any atom is 0.221 e. The maximum atomic E-state index is 10.8. The molecule has 1 amide bonds. The number of rotatable bonds is 3. The van der Waals surface area contributed by atoms with Crippen LogP contribution in [-0.4, -0.2) is 5.91 Å². The van der Waals surface area contributed by atoms with E-state index in [4.69, 9.17) is 0 Å². The SMILES string of the molecule is CCCc1ccc(NC(C)=O)c(Br)c1. The molecule has 0 fully saturated rings. The number of nitrogens with one attached hydrogen (secondary N) is 1. The summed E-state index contributed by atoms with van der Waals surface area (Å²) in [5, 5.41) is 2.76. The van der Waals surface area contributed by atoms with Gasteiger partial charge in [-0.25, -0.2) is 0 Å². The molecule has 76 valence electrons. The number of anilines is 1. The summed E-state index contributed by atoms with van der Waals surface area (Å²) in [5.74, 6) is -0.0473. The van der Waals surface area contributed by atoms with Gasteiger partial charge in [-0.3, -0.25) is 4.79 Å². The molecule has 14 heavy (non-hydrogen) atoms. The van der Waals surface area contributed by atoms with E-state index in [0.29, 0.717) is 0 Å². The number of amides is 1. The Balaban J connectivity index is 2.84. The van der Waals surface area contributed by atoms with Crippen molar-refractivity contribution in [1.29, 1.82) is 0 Å². The second kappa shape index (κ2) is 5.15. The molecule has 1 N–H and O–H groups in total. The van der Waals surface area contributed by atoms with Crippen LogP contribution in [0.1, 0.15) is 25.8 Å². The summed E-state index contributed by atoms with van der Waals surface area (Å²) in [5.41, 5.74) is 2.12. The summed E-state index contributed by atoms with van der Waals surface area (Å²) >= 11 is 3.43. The average Bonchev–Trinajstić information content (AvgIpc) is 2.10. The third-order valence-electron chi connectivity index (χ3n) is 1.88. The summed E-state index contributed by atoms with van der Waals surface area (Å²) in [6.45, 7) is 3.65. The van der Waals surface area contributed by atoms with E-state index < -0.39 is 0 Å². The molecule has 1 aromatic carbocycles. The van der Waals surface area contributed by atoms with Gasteiger partial charge in [0.2, 0.25) is 5.91 Å². The first kappa shape index (κ1) is 11.2. The fourth-order valence-electron chi connectivity index (χ4n) is 1.29. The normalized spacial score (nSPS) is 9.93. The molecule has 0 spiro atoms. The van der Waals surface area contributed by atoms with Gasteiger partial charge >= 0.3 is 0 Å². The third-order valence-corrected chi connectivity index (χ3v) is 2.54.